The molecule has 0 saturated heterocycles. The van der Waals surface area contributed by atoms with Crippen LogP contribution in [0, 0.1) is 30.1 Å². The lowest BCUT2D eigenvalue weighted by molar-refractivity contribution is -0.118. The van der Waals surface area contributed by atoms with Crippen molar-refractivity contribution >= 4 is 28.2 Å². The highest BCUT2D eigenvalue weighted by Crippen LogP contribution is 2.37. The Morgan fingerprint density at radius 3 is 1.44 bits per heavy atom. The normalized spacial score (nSPS) is 16.9. The summed E-state index contributed by atoms with van der Waals surface area (Å²) in [4.78, 5) is 10.2. The maximum absolute atomic E-state index is 10.2. The molecule has 3 aliphatic rings. The number of terminal acetylenes is 1. The number of benzene rings is 2. The van der Waals surface area contributed by atoms with Crippen molar-refractivity contribution in [2.45, 2.75) is 45.4 Å². The smallest absolute Gasteiger partial charge is 0.132 e. The molecule has 0 unspecified atom stereocenters. The molecule has 5 rings (SSSR count). The van der Waals surface area contributed by atoms with Crippen molar-refractivity contribution in [2.75, 3.05) is 0 Å². The van der Waals surface area contributed by atoms with Crippen LogP contribution < -0.4 is 0 Å². The van der Waals surface area contributed by atoms with Gasteiger partial charge in [0.05, 0.1) is 0 Å². The van der Waals surface area contributed by atoms with Crippen LogP contribution in [0.4, 0.5) is 0 Å². The fourth-order valence-corrected chi connectivity index (χ4v) is 2.49. The minimum absolute atomic E-state index is 0.370. The highest BCUT2D eigenvalue weighted by Gasteiger charge is 2.25. The van der Waals surface area contributed by atoms with Crippen LogP contribution >= 0.6 is 11.6 Å². The summed E-state index contributed by atoms with van der Waals surface area (Å²) < 4.78 is 0. The van der Waals surface area contributed by atoms with Crippen LogP contribution in [0.25, 0.3) is 10.8 Å². The Balaban J connectivity index is 0.000000135. The number of allylic oxidation sites excluding steroid dienone is 1. The molecule has 2 aromatic rings. The van der Waals surface area contributed by atoms with E-state index in [-0.39, 0.29) is 0 Å². The van der Waals surface area contributed by atoms with Crippen LogP contribution in [0.15, 0.2) is 60.1 Å². The second-order valence-corrected chi connectivity index (χ2v) is 7.88. The first-order valence-electron chi connectivity index (χ1n) is 9.76. The summed E-state index contributed by atoms with van der Waals surface area (Å²) >= 11 is 5.48. The molecule has 0 amide bonds. The maximum Gasteiger partial charge on any atom is 0.132 e. The maximum atomic E-state index is 10.2. The lowest BCUT2D eigenvalue weighted by Gasteiger charge is -1.92. The van der Waals surface area contributed by atoms with Gasteiger partial charge in [-0.25, -0.2) is 0 Å². The van der Waals surface area contributed by atoms with Gasteiger partial charge in [0.25, 0.3) is 0 Å². The van der Waals surface area contributed by atoms with Gasteiger partial charge in [0.1, 0.15) is 5.78 Å². The van der Waals surface area contributed by atoms with Gasteiger partial charge in [-0.1, -0.05) is 66.7 Å². The summed E-state index contributed by atoms with van der Waals surface area (Å²) in [5, 5.41) is 3.46. The van der Waals surface area contributed by atoms with Crippen LogP contribution in [-0.4, -0.2) is 5.78 Å². The predicted octanol–water partition coefficient (Wildman–Crippen LogP) is 7.00. The highest BCUT2D eigenvalue weighted by atomic mass is 35.5. The third-order valence-electron chi connectivity index (χ3n) is 4.64. The van der Waals surface area contributed by atoms with E-state index in [1.54, 1.807) is 6.92 Å². The molecule has 0 atom stereocenters. The van der Waals surface area contributed by atoms with Crippen LogP contribution in [0.2, 0.25) is 0 Å². The number of carbonyl (C=O) groups excluding carboxylic acids is 1. The number of halogens is 1. The van der Waals surface area contributed by atoms with E-state index >= 15 is 0 Å². The SMILES string of the molecule is C#CC1CC1.C=C(Cl)C1CC1.CC(=O)C1CC1.c1ccc2ccccc2c1. The van der Waals surface area contributed by atoms with Crippen LogP contribution in [0.5, 0.6) is 0 Å². The van der Waals surface area contributed by atoms with Gasteiger partial charge < -0.3 is 0 Å². The Kier molecular flexibility index (Phi) is 8.62. The lowest BCUT2D eigenvalue weighted by atomic mass is 10.1. The minimum atomic E-state index is 0.370. The van der Waals surface area contributed by atoms with Gasteiger partial charge in [0.2, 0.25) is 0 Å². The van der Waals surface area contributed by atoms with Crippen molar-refractivity contribution in [3.8, 4) is 12.3 Å². The van der Waals surface area contributed by atoms with Gasteiger partial charge in [-0.05, 0) is 62.1 Å². The van der Waals surface area contributed by atoms with Gasteiger partial charge >= 0.3 is 0 Å². The van der Waals surface area contributed by atoms with Crippen molar-refractivity contribution in [2.24, 2.45) is 17.8 Å². The molecule has 3 fully saturated rings. The van der Waals surface area contributed by atoms with E-state index in [0.717, 1.165) is 17.9 Å². The second kappa shape index (κ2) is 11.0. The first kappa shape index (κ1) is 21.3. The highest BCUT2D eigenvalue weighted by molar-refractivity contribution is 6.29. The van der Waals surface area contributed by atoms with E-state index in [0.29, 0.717) is 23.5 Å². The number of Topliss-reactive ketones (excluding diaryl/α,β-unsaturated/α-hetero) is 1. The van der Waals surface area contributed by atoms with Gasteiger partial charge in [-0.3, -0.25) is 4.79 Å². The van der Waals surface area contributed by atoms with E-state index in [1.807, 2.05) is 0 Å². The molecule has 142 valence electrons. The van der Waals surface area contributed by atoms with E-state index in [1.165, 1.54) is 36.5 Å². The van der Waals surface area contributed by atoms with Crippen LogP contribution in [0.1, 0.15) is 45.4 Å². The monoisotopic (exact) mass is 380 g/mol. The third kappa shape index (κ3) is 9.45. The van der Waals surface area contributed by atoms with Crippen molar-refractivity contribution in [1.29, 1.82) is 0 Å². The summed E-state index contributed by atoms with van der Waals surface area (Å²) in [6.07, 6.45) is 12.4. The summed E-state index contributed by atoms with van der Waals surface area (Å²) in [5.41, 5.74) is 0. The van der Waals surface area contributed by atoms with Crippen molar-refractivity contribution < 1.29 is 4.79 Å². The van der Waals surface area contributed by atoms with Crippen molar-refractivity contribution in [3.05, 3.63) is 60.1 Å². The van der Waals surface area contributed by atoms with E-state index in [4.69, 9.17) is 18.0 Å². The quantitative estimate of drug-likeness (QED) is 0.512. The van der Waals surface area contributed by atoms with Crippen molar-refractivity contribution in [1.82, 2.24) is 0 Å². The number of fused-ring (bicyclic) bond motifs is 1. The zero-order valence-electron chi connectivity index (χ0n) is 16.2. The topological polar surface area (TPSA) is 17.1 Å². The number of hydrogen-bond donors (Lipinski definition) is 0. The van der Waals surface area contributed by atoms with Gasteiger partial charge in [-0.15, -0.1) is 12.3 Å². The second-order valence-electron chi connectivity index (χ2n) is 7.39. The molecule has 3 saturated carbocycles. The Morgan fingerprint density at radius 2 is 1.33 bits per heavy atom. The zero-order chi connectivity index (χ0) is 19.6. The molecule has 0 aliphatic heterocycles. The minimum Gasteiger partial charge on any atom is -0.300 e. The average molecular weight is 381 g/mol. The van der Waals surface area contributed by atoms with Crippen LogP contribution in [0.3, 0.4) is 0 Å². The van der Waals surface area contributed by atoms with Crippen LogP contribution in [-0.2, 0) is 4.79 Å². The molecule has 0 bridgehead atoms. The lowest BCUT2D eigenvalue weighted by Crippen LogP contribution is -1.88. The third-order valence-corrected chi connectivity index (χ3v) is 4.95. The first-order chi connectivity index (χ1) is 13.0. The Morgan fingerprint density at radius 1 is 0.926 bits per heavy atom. The Hall–Kier alpha value is -2.04. The summed E-state index contributed by atoms with van der Waals surface area (Å²) in [5.74, 6) is 4.81. The molecule has 1 nitrogen and oxygen atoms in total. The number of ketones is 1. The largest absolute Gasteiger partial charge is 0.300 e. The predicted molar refractivity (Wildman–Crippen MR) is 117 cm³/mol. The van der Waals surface area contributed by atoms with E-state index < -0.39 is 0 Å². The molecule has 2 aromatic carbocycles. The van der Waals surface area contributed by atoms with Gasteiger partial charge in [-0.2, -0.15) is 0 Å². The summed E-state index contributed by atoms with van der Waals surface area (Å²) in [6.45, 7) is 5.25. The molecule has 0 N–H and O–H groups in total. The number of rotatable bonds is 2. The molecule has 0 aromatic heterocycles. The molecule has 0 radical (unpaired) electrons. The van der Waals surface area contributed by atoms with E-state index in [9.17, 15) is 4.79 Å². The molecule has 2 heteroatoms. The van der Waals surface area contributed by atoms with Crippen molar-refractivity contribution in [3.63, 3.8) is 0 Å². The molecule has 27 heavy (non-hydrogen) atoms. The first-order valence-corrected chi connectivity index (χ1v) is 10.1. The average Bonchev–Trinajstić information content (AvgIpc) is 3.55. The summed E-state index contributed by atoms with van der Waals surface area (Å²) in [7, 11) is 0. The Labute approximate surface area is 168 Å². The standard InChI is InChI=1S/C10H8.C5H7Cl.C5H8O.C5H6/c1-2-6-10-8-4-3-7-9(10)5-1;2*1-4(6)5-2-3-5;1-2-5-3-4-5/h1-8H;5H,1-3H2;5H,2-3H2,1H3;1,5H,3-4H2. The molecular weight excluding hydrogens is 352 g/mol. The summed E-state index contributed by atoms with van der Waals surface area (Å²) in [6, 6.07) is 16.7. The fourth-order valence-electron chi connectivity index (χ4n) is 2.27. The molecule has 0 heterocycles. The number of carbonyl (C=O) groups is 1. The fraction of sp³-hybridized carbons (Fsp3) is 0.400. The number of hydrogen-bond acceptors (Lipinski definition) is 1. The Bertz CT molecular complexity index is 702. The van der Waals surface area contributed by atoms with E-state index in [2.05, 4.69) is 61.0 Å². The zero-order valence-corrected chi connectivity index (χ0v) is 16.9. The molecular formula is C25H29ClO. The molecule has 0 spiro atoms. The van der Waals surface area contributed by atoms with Gasteiger partial charge in [0.15, 0.2) is 0 Å². The van der Waals surface area contributed by atoms with Gasteiger partial charge in [0, 0.05) is 16.9 Å². The molecule has 3 aliphatic carbocycles.